The largest absolute Gasteiger partial charge is 0.494 e. The Balaban J connectivity index is 1.92. The molecule has 3 amide bonds. The lowest BCUT2D eigenvalue weighted by molar-refractivity contribution is -0.131. The maximum absolute atomic E-state index is 13.1. The van der Waals surface area contributed by atoms with E-state index in [1.165, 1.54) is 39.2 Å². The molecule has 1 atom stereocenters. The van der Waals surface area contributed by atoms with Gasteiger partial charge in [-0.2, -0.15) is 0 Å². The third kappa shape index (κ3) is 8.43. The van der Waals surface area contributed by atoms with Crippen molar-refractivity contribution in [3.8, 4) is 5.75 Å². The van der Waals surface area contributed by atoms with E-state index in [0.29, 0.717) is 48.3 Å². The van der Waals surface area contributed by atoms with Crippen molar-refractivity contribution >= 4 is 24.5 Å². The zero-order valence-electron chi connectivity index (χ0n) is 22.3. The van der Waals surface area contributed by atoms with Gasteiger partial charge in [0.25, 0.3) is 5.91 Å². The fourth-order valence-electron chi connectivity index (χ4n) is 5.02. The number of aryl methyl sites for hydroxylation is 1. The number of carbonyl (C=O) groups is 4. The lowest BCUT2D eigenvalue weighted by Gasteiger charge is -2.37. The number of rotatable bonds is 15. The molecule has 0 bridgehead atoms. The van der Waals surface area contributed by atoms with Crippen LogP contribution in [0.5, 0.6) is 5.75 Å². The number of nitrogens with zero attached hydrogens (tertiary/aromatic N) is 2. The standard InChI is InChI=1S/C28H43N3O5/c1-21(2)30(23-11-6-5-7-12-23)16-8-9-18-36-24-14-15-25(22(3)19-24)28(35)31(20-33)26(13-10-17-32)27(34)29-4/h14-15,17,19-21,23,26H,5-13,16,18H2,1-4H3,(H,29,34). The van der Waals surface area contributed by atoms with Crippen LogP contribution >= 0.6 is 0 Å². The van der Waals surface area contributed by atoms with Crippen molar-refractivity contribution < 1.29 is 23.9 Å². The Kier molecular flexibility index (Phi) is 12.6. The van der Waals surface area contributed by atoms with Crippen molar-refractivity contribution in [2.45, 2.75) is 96.7 Å². The number of carbonyl (C=O) groups excluding carboxylic acids is 4. The molecular formula is C28H43N3O5. The third-order valence-electron chi connectivity index (χ3n) is 7.01. The molecule has 1 aromatic rings. The molecular weight excluding hydrogens is 458 g/mol. The van der Waals surface area contributed by atoms with E-state index in [-0.39, 0.29) is 12.8 Å². The molecule has 1 N–H and O–H groups in total. The van der Waals surface area contributed by atoms with Crippen LogP contribution < -0.4 is 10.1 Å². The topological polar surface area (TPSA) is 96.0 Å². The molecule has 0 saturated heterocycles. The average Bonchev–Trinajstić information content (AvgIpc) is 2.88. The molecule has 200 valence electrons. The lowest BCUT2D eigenvalue weighted by Crippen LogP contribution is -2.48. The first-order valence-electron chi connectivity index (χ1n) is 13.3. The molecule has 0 spiro atoms. The molecule has 1 aliphatic carbocycles. The van der Waals surface area contributed by atoms with Crippen LogP contribution in [0.3, 0.4) is 0 Å². The summed E-state index contributed by atoms with van der Waals surface area (Å²) in [6.45, 7) is 8.00. The van der Waals surface area contributed by atoms with Crippen LogP contribution in [-0.4, -0.2) is 72.6 Å². The number of ether oxygens (including phenoxy) is 1. The number of likely N-dealkylation sites (N-methyl/N-ethyl adjacent to an activating group) is 1. The zero-order valence-corrected chi connectivity index (χ0v) is 22.3. The molecule has 0 aliphatic heterocycles. The van der Waals surface area contributed by atoms with Crippen molar-refractivity contribution in [3.05, 3.63) is 29.3 Å². The van der Waals surface area contributed by atoms with Crippen LogP contribution in [0.2, 0.25) is 0 Å². The second kappa shape index (κ2) is 15.4. The van der Waals surface area contributed by atoms with E-state index >= 15 is 0 Å². The van der Waals surface area contributed by atoms with Gasteiger partial charge >= 0.3 is 0 Å². The zero-order chi connectivity index (χ0) is 26.5. The van der Waals surface area contributed by atoms with Crippen LogP contribution in [-0.2, 0) is 14.4 Å². The molecule has 1 fully saturated rings. The Morgan fingerprint density at radius 3 is 2.44 bits per heavy atom. The summed E-state index contributed by atoms with van der Waals surface area (Å²) in [5.74, 6) is -0.405. The number of benzene rings is 1. The Morgan fingerprint density at radius 1 is 1.14 bits per heavy atom. The van der Waals surface area contributed by atoms with Gasteiger partial charge in [0.1, 0.15) is 18.1 Å². The average molecular weight is 502 g/mol. The highest BCUT2D eigenvalue weighted by Gasteiger charge is 2.30. The van der Waals surface area contributed by atoms with Gasteiger partial charge in [-0.1, -0.05) is 19.3 Å². The number of unbranched alkanes of at least 4 members (excludes halogenated alkanes) is 1. The van der Waals surface area contributed by atoms with Crippen molar-refractivity contribution in [2.75, 3.05) is 20.2 Å². The van der Waals surface area contributed by atoms with E-state index in [1.807, 2.05) is 0 Å². The Labute approximate surface area is 215 Å². The number of aldehydes is 1. The van der Waals surface area contributed by atoms with Gasteiger partial charge in [-0.25, -0.2) is 0 Å². The summed E-state index contributed by atoms with van der Waals surface area (Å²) in [5, 5.41) is 2.45. The van der Waals surface area contributed by atoms with Gasteiger partial charge < -0.3 is 14.8 Å². The van der Waals surface area contributed by atoms with Crippen molar-refractivity contribution in [3.63, 3.8) is 0 Å². The first-order chi connectivity index (χ1) is 17.3. The monoisotopic (exact) mass is 501 g/mol. The molecule has 1 aromatic carbocycles. The quantitative estimate of drug-likeness (QED) is 0.289. The number of hydrogen-bond donors (Lipinski definition) is 1. The van der Waals surface area contributed by atoms with E-state index in [9.17, 15) is 19.2 Å². The van der Waals surface area contributed by atoms with Crippen LogP contribution in [0.1, 0.15) is 87.6 Å². The van der Waals surface area contributed by atoms with Gasteiger partial charge in [-0.15, -0.1) is 0 Å². The molecule has 0 radical (unpaired) electrons. The SMILES string of the molecule is CNC(=O)C(CCC=O)N(C=O)C(=O)c1ccc(OCCCCN(C(C)C)C2CCCCC2)cc1C. The predicted octanol–water partition coefficient (Wildman–Crippen LogP) is 3.89. The molecule has 36 heavy (non-hydrogen) atoms. The van der Waals surface area contributed by atoms with E-state index in [4.69, 9.17) is 4.74 Å². The van der Waals surface area contributed by atoms with E-state index in [1.54, 1.807) is 25.1 Å². The summed E-state index contributed by atoms with van der Waals surface area (Å²) in [6.07, 6.45) is 9.82. The van der Waals surface area contributed by atoms with Gasteiger partial charge in [0.05, 0.1) is 6.61 Å². The summed E-state index contributed by atoms with van der Waals surface area (Å²) >= 11 is 0. The summed E-state index contributed by atoms with van der Waals surface area (Å²) in [5.41, 5.74) is 0.966. The summed E-state index contributed by atoms with van der Waals surface area (Å²) in [4.78, 5) is 51.3. The Morgan fingerprint density at radius 2 is 1.86 bits per heavy atom. The second-order valence-corrected chi connectivity index (χ2v) is 9.85. The van der Waals surface area contributed by atoms with Gasteiger partial charge in [0, 0.05) is 31.1 Å². The van der Waals surface area contributed by atoms with Gasteiger partial charge in [0.2, 0.25) is 12.3 Å². The highest BCUT2D eigenvalue weighted by Crippen LogP contribution is 2.25. The fourth-order valence-corrected chi connectivity index (χ4v) is 5.02. The van der Waals surface area contributed by atoms with Crippen molar-refractivity contribution in [2.24, 2.45) is 0 Å². The van der Waals surface area contributed by atoms with Crippen LogP contribution in [0.4, 0.5) is 0 Å². The molecule has 8 nitrogen and oxygen atoms in total. The van der Waals surface area contributed by atoms with Crippen molar-refractivity contribution in [1.82, 2.24) is 15.1 Å². The number of hydrogen-bond acceptors (Lipinski definition) is 6. The minimum absolute atomic E-state index is 0.0665. The Bertz CT molecular complexity index is 867. The predicted molar refractivity (Wildman–Crippen MR) is 140 cm³/mol. The minimum atomic E-state index is -1.04. The molecule has 1 aliphatic rings. The summed E-state index contributed by atoms with van der Waals surface area (Å²) in [6, 6.07) is 5.33. The lowest BCUT2D eigenvalue weighted by atomic mass is 9.93. The highest BCUT2D eigenvalue weighted by molar-refractivity contribution is 6.04. The molecule has 8 heteroatoms. The number of imide groups is 1. The third-order valence-corrected chi connectivity index (χ3v) is 7.01. The number of amides is 3. The second-order valence-electron chi connectivity index (χ2n) is 9.85. The summed E-state index contributed by atoms with van der Waals surface area (Å²) in [7, 11) is 1.43. The van der Waals surface area contributed by atoms with Crippen LogP contribution in [0.25, 0.3) is 0 Å². The minimum Gasteiger partial charge on any atom is -0.494 e. The van der Waals surface area contributed by atoms with Crippen LogP contribution in [0, 0.1) is 6.92 Å². The highest BCUT2D eigenvalue weighted by atomic mass is 16.5. The molecule has 1 saturated carbocycles. The van der Waals surface area contributed by atoms with Gasteiger partial charge in [-0.3, -0.25) is 24.2 Å². The first kappa shape index (κ1) is 29.5. The Hall–Kier alpha value is -2.74. The number of nitrogens with one attached hydrogen (secondary N) is 1. The maximum Gasteiger partial charge on any atom is 0.261 e. The van der Waals surface area contributed by atoms with Gasteiger partial charge in [-0.05, 0) is 83.2 Å². The fraction of sp³-hybridized carbons (Fsp3) is 0.643. The maximum atomic E-state index is 13.1. The van der Waals surface area contributed by atoms with E-state index in [2.05, 4.69) is 24.1 Å². The van der Waals surface area contributed by atoms with E-state index in [0.717, 1.165) is 24.3 Å². The van der Waals surface area contributed by atoms with Gasteiger partial charge in [0.15, 0.2) is 0 Å². The normalized spacial score (nSPS) is 14.9. The summed E-state index contributed by atoms with van der Waals surface area (Å²) < 4.78 is 5.94. The molecule has 0 heterocycles. The smallest absolute Gasteiger partial charge is 0.261 e. The van der Waals surface area contributed by atoms with E-state index < -0.39 is 17.9 Å². The first-order valence-corrected chi connectivity index (χ1v) is 13.3. The molecule has 0 aromatic heterocycles. The molecule has 2 rings (SSSR count). The van der Waals surface area contributed by atoms with Crippen molar-refractivity contribution in [1.29, 1.82) is 0 Å². The molecule has 1 unspecified atom stereocenters. The van der Waals surface area contributed by atoms with Crippen LogP contribution in [0.15, 0.2) is 18.2 Å².